The lowest BCUT2D eigenvalue weighted by atomic mass is 9.95. The van der Waals surface area contributed by atoms with E-state index in [1.165, 1.54) is 12.6 Å². The Morgan fingerprint density at radius 2 is 1.93 bits per heavy atom. The molecule has 0 saturated carbocycles. The average Bonchev–Trinajstić information content (AvgIpc) is 3.42. The minimum atomic E-state index is -0.144. The summed E-state index contributed by atoms with van der Waals surface area (Å²) in [5.74, 6) is 0.0113. The van der Waals surface area contributed by atoms with E-state index in [9.17, 15) is 9.59 Å². The molecule has 1 N–H and O–H groups in total. The number of rotatable bonds is 4. The first-order chi connectivity index (χ1) is 13.2. The number of carbonyl (C=O) groups is 2. The van der Waals surface area contributed by atoms with E-state index in [-0.39, 0.29) is 17.7 Å². The van der Waals surface area contributed by atoms with Gasteiger partial charge in [0.15, 0.2) is 5.76 Å². The Bertz CT molecular complexity index is 913. The van der Waals surface area contributed by atoms with E-state index in [2.05, 4.69) is 15.4 Å². The number of aromatic nitrogens is 3. The fraction of sp³-hybridized carbons (Fsp3) is 0.263. The highest BCUT2D eigenvalue weighted by atomic mass is 16.3. The molecule has 0 aliphatic carbocycles. The molecule has 0 spiro atoms. The van der Waals surface area contributed by atoms with Crippen molar-refractivity contribution in [1.82, 2.24) is 19.7 Å². The molecule has 27 heavy (non-hydrogen) atoms. The number of anilines is 1. The zero-order valence-corrected chi connectivity index (χ0v) is 14.6. The van der Waals surface area contributed by atoms with Crippen LogP contribution in [0.1, 0.15) is 23.4 Å². The molecule has 2 amide bonds. The first-order valence-corrected chi connectivity index (χ1v) is 8.80. The van der Waals surface area contributed by atoms with Gasteiger partial charge in [-0.05, 0) is 37.1 Å². The van der Waals surface area contributed by atoms with Crippen molar-refractivity contribution in [2.45, 2.75) is 12.8 Å². The van der Waals surface area contributed by atoms with Crippen LogP contribution in [-0.4, -0.2) is 44.6 Å². The van der Waals surface area contributed by atoms with Crippen LogP contribution in [0.3, 0.4) is 0 Å². The molecule has 2 aromatic heterocycles. The van der Waals surface area contributed by atoms with E-state index in [4.69, 9.17) is 4.42 Å². The number of nitrogens with one attached hydrogen (secondary N) is 1. The standard InChI is InChI=1S/C19H19N5O3/c25-18(22-15-4-1-2-5-16(15)24-13-20-12-21-24)14-7-9-23(10-8-14)19(26)17-6-3-11-27-17/h1-6,11-14H,7-10H2,(H,22,25). The van der Waals surface area contributed by atoms with Crippen molar-refractivity contribution < 1.29 is 14.0 Å². The Labute approximate surface area is 155 Å². The minimum Gasteiger partial charge on any atom is -0.459 e. The maximum Gasteiger partial charge on any atom is 0.289 e. The summed E-state index contributed by atoms with van der Waals surface area (Å²) in [6.07, 6.45) is 5.75. The van der Waals surface area contributed by atoms with Gasteiger partial charge in [0, 0.05) is 19.0 Å². The van der Waals surface area contributed by atoms with Crippen LogP contribution in [0.15, 0.2) is 59.7 Å². The van der Waals surface area contributed by atoms with Gasteiger partial charge < -0.3 is 14.6 Å². The fourth-order valence-electron chi connectivity index (χ4n) is 3.25. The van der Waals surface area contributed by atoms with Crippen molar-refractivity contribution in [3.8, 4) is 5.69 Å². The van der Waals surface area contributed by atoms with Gasteiger partial charge in [-0.1, -0.05) is 12.1 Å². The molecule has 0 bridgehead atoms. The van der Waals surface area contributed by atoms with E-state index in [1.807, 2.05) is 24.3 Å². The zero-order chi connectivity index (χ0) is 18.6. The molecule has 1 saturated heterocycles. The third kappa shape index (κ3) is 3.59. The molecule has 0 radical (unpaired) electrons. The van der Waals surface area contributed by atoms with Gasteiger partial charge in [-0.3, -0.25) is 9.59 Å². The topological polar surface area (TPSA) is 93.3 Å². The normalized spacial score (nSPS) is 14.9. The van der Waals surface area contributed by atoms with Gasteiger partial charge in [-0.2, -0.15) is 5.10 Å². The number of nitrogens with zero attached hydrogens (tertiary/aromatic N) is 4. The molecule has 0 atom stereocenters. The first kappa shape index (κ1) is 17.0. The van der Waals surface area contributed by atoms with Crippen LogP contribution in [0, 0.1) is 5.92 Å². The molecule has 1 aliphatic heterocycles. The van der Waals surface area contributed by atoms with Crippen molar-refractivity contribution in [2.75, 3.05) is 18.4 Å². The number of furan rings is 1. The second-order valence-corrected chi connectivity index (χ2v) is 6.39. The number of amides is 2. The van der Waals surface area contributed by atoms with Crippen molar-refractivity contribution in [1.29, 1.82) is 0 Å². The van der Waals surface area contributed by atoms with Gasteiger partial charge in [0.05, 0.1) is 17.6 Å². The Hall–Kier alpha value is -3.42. The lowest BCUT2D eigenvalue weighted by Crippen LogP contribution is -2.41. The SMILES string of the molecule is O=C(Nc1ccccc1-n1cncn1)C1CCN(C(=O)c2ccco2)CC1. The molecule has 1 fully saturated rings. The van der Waals surface area contributed by atoms with E-state index in [0.29, 0.717) is 37.4 Å². The van der Waals surface area contributed by atoms with Crippen LogP contribution < -0.4 is 5.32 Å². The first-order valence-electron chi connectivity index (χ1n) is 8.80. The molecule has 0 unspecified atom stereocenters. The third-order valence-corrected chi connectivity index (χ3v) is 4.71. The second-order valence-electron chi connectivity index (χ2n) is 6.39. The Balaban J connectivity index is 1.39. The highest BCUT2D eigenvalue weighted by molar-refractivity contribution is 5.95. The van der Waals surface area contributed by atoms with Crippen molar-refractivity contribution in [2.24, 2.45) is 5.92 Å². The van der Waals surface area contributed by atoms with Gasteiger partial charge in [0.1, 0.15) is 12.7 Å². The highest BCUT2D eigenvalue weighted by Crippen LogP contribution is 2.24. The summed E-state index contributed by atoms with van der Waals surface area (Å²) in [5, 5.41) is 7.11. The highest BCUT2D eigenvalue weighted by Gasteiger charge is 2.29. The number of likely N-dealkylation sites (tertiary alicyclic amines) is 1. The van der Waals surface area contributed by atoms with Gasteiger partial charge >= 0.3 is 0 Å². The smallest absolute Gasteiger partial charge is 0.289 e. The summed E-state index contributed by atoms with van der Waals surface area (Å²) in [7, 11) is 0. The Kier molecular flexibility index (Phi) is 4.69. The predicted octanol–water partition coefficient (Wildman–Crippen LogP) is 2.35. The van der Waals surface area contributed by atoms with Gasteiger partial charge in [-0.25, -0.2) is 9.67 Å². The summed E-state index contributed by atoms with van der Waals surface area (Å²) in [4.78, 5) is 30.7. The fourth-order valence-corrected chi connectivity index (χ4v) is 3.25. The third-order valence-electron chi connectivity index (χ3n) is 4.71. The number of piperidine rings is 1. The van der Waals surface area contributed by atoms with Crippen LogP contribution in [0.5, 0.6) is 0 Å². The number of hydrogen-bond acceptors (Lipinski definition) is 5. The summed E-state index contributed by atoms with van der Waals surface area (Å²) in [6.45, 7) is 1.06. The van der Waals surface area contributed by atoms with Crippen molar-refractivity contribution >= 4 is 17.5 Å². The van der Waals surface area contributed by atoms with Crippen LogP contribution in [-0.2, 0) is 4.79 Å². The van der Waals surface area contributed by atoms with Crippen molar-refractivity contribution in [3.63, 3.8) is 0 Å². The van der Waals surface area contributed by atoms with E-state index >= 15 is 0 Å². The molecule has 8 nitrogen and oxygen atoms in total. The van der Waals surface area contributed by atoms with Crippen LogP contribution in [0.4, 0.5) is 5.69 Å². The summed E-state index contributed by atoms with van der Waals surface area (Å²) in [5.41, 5.74) is 1.44. The zero-order valence-electron chi connectivity index (χ0n) is 14.6. The minimum absolute atomic E-state index is 0.0485. The molecule has 1 aromatic carbocycles. The molecule has 8 heteroatoms. The summed E-state index contributed by atoms with van der Waals surface area (Å²) < 4.78 is 6.78. The monoisotopic (exact) mass is 365 g/mol. The van der Waals surface area contributed by atoms with E-state index in [0.717, 1.165) is 5.69 Å². The second kappa shape index (κ2) is 7.45. The van der Waals surface area contributed by atoms with E-state index in [1.54, 1.807) is 28.0 Å². The maximum atomic E-state index is 12.7. The Morgan fingerprint density at radius 3 is 2.63 bits per heavy atom. The summed E-state index contributed by atoms with van der Waals surface area (Å²) >= 11 is 0. The molecular weight excluding hydrogens is 346 g/mol. The quantitative estimate of drug-likeness (QED) is 0.766. The molecule has 4 rings (SSSR count). The van der Waals surface area contributed by atoms with Gasteiger partial charge in [0.25, 0.3) is 5.91 Å². The summed E-state index contributed by atoms with van der Waals surface area (Å²) in [6, 6.07) is 10.8. The molecule has 3 aromatic rings. The van der Waals surface area contributed by atoms with Crippen LogP contribution in [0.25, 0.3) is 5.69 Å². The molecule has 1 aliphatic rings. The van der Waals surface area contributed by atoms with Gasteiger partial charge in [-0.15, -0.1) is 0 Å². The number of carbonyl (C=O) groups excluding carboxylic acids is 2. The average molecular weight is 365 g/mol. The molecule has 138 valence electrons. The Morgan fingerprint density at radius 1 is 1.11 bits per heavy atom. The van der Waals surface area contributed by atoms with Crippen LogP contribution >= 0.6 is 0 Å². The number of benzene rings is 1. The molecular formula is C19H19N5O3. The van der Waals surface area contributed by atoms with Gasteiger partial charge in [0.2, 0.25) is 5.91 Å². The lowest BCUT2D eigenvalue weighted by molar-refractivity contribution is -0.121. The van der Waals surface area contributed by atoms with E-state index < -0.39 is 0 Å². The number of hydrogen-bond donors (Lipinski definition) is 1. The number of para-hydroxylation sites is 2. The van der Waals surface area contributed by atoms with Crippen LogP contribution in [0.2, 0.25) is 0 Å². The maximum absolute atomic E-state index is 12.7. The predicted molar refractivity (Wildman–Crippen MR) is 97.3 cm³/mol. The molecule has 3 heterocycles. The lowest BCUT2D eigenvalue weighted by Gasteiger charge is -2.30. The largest absolute Gasteiger partial charge is 0.459 e. The van der Waals surface area contributed by atoms with Crippen molar-refractivity contribution in [3.05, 3.63) is 61.1 Å².